The van der Waals surface area contributed by atoms with E-state index < -0.39 is 0 Å². The predicted molar refractivity (Wildman–Crippen MR) is 78.4 cm³/mol. The average molecular weight is 255 g/mol. The third-order valence-corrected chi connectivity index (χ3v) is 3.80. The highest BCUT2D eigenvalue weighted by Gasteiger charge is 2.21. The summed E-state index contributed by atoms with van der Waals surface area (Å²) < 4.78 is 0. The van der Waals surface area contributed by atoms with Crippen LogP contribution in [0, 0.1) is 0 Å². The number of rotatable bonds is 5. The molecule has 0 saturated carbocycles. The third kappa shape index (κ3) is 3.14. The maximum Gasteiger partial charge on any atom is 0.115 e. The van der Waals surface area contributed by atoms with Crippen molar-refractivity contribution in [3.8, 4) is 5.75 Å². The Morgan fingerprint density at radius 2 is 1.58 bits per heavy atom. The number of aromatic nitrogens is 1. The van der Waals surface area contributed by atoms with Crippen LogP contribution in [0.1, 0.15) is 49.7 Å². The van der Waals surface area contributed by atoms with E-state index in [0.717, 1.165) is 12.8 Å². The van der Waals surface area contributed by atoms with E-state index >= 15 is 0 Å². The summed E-state index contributed by atoms with van der Waals surface area (Å²) in [6.07, 6.45) is 5.96. The molecule has 0 aliphatic carbocycles. The quantitative estimate of drug-likeness (QED) is 0.854. The standard InChI is InChI=1S/C17H21NO/c1-3-16(13-7-9-15(19)10-8-13)17(4-2)14-6-5-11-18-12-14/h5-12,16-17,19H,3-4H2,1-2H3/t16-,17+/m0/s1. The van der Waals surface area contributed by atoms with Crippen molar-refractivity contribution < 1.29 is 5.11 Å². The molecule has 2 heteroatoms. The summed E-state index contributed by atoms with van der Waals surface area (Å²) in [6.45, 7) is 4.44. The van der Waals surface area contributed by atoms with Crippen LogP contribution in [0.3, 0.4) is 0 Å². The Hall–Kier alpha value is -1.83. The molecule has 2 nitrogen and oxygen atoms in total. The fraction of sp³-hybridized carbons (Fsp3) is 0.353. The first kappa shape index (κ1) is 13.6. The van der Waals surface area contributed by atoms with E-state index in [1.807, 2.05) is 30.6 Å². The molecule has 0 saturated heterocycles. The van der Waals surface area contributed by atoms with Gasteiger partial charge in [-0.1, -0.05) is 32.0 Å². The largest absolute Gasteiger partial charge is 0.508 e. The van der Waals surface area contributed by atoms with Gasteiger partial charge in [-0.3, -0.25) is 4.98 Å². The Bertz CT molecular complexity index is 492. The van der Waals surface area contributed by atoms with Crippen LogP contribution in [-0.2, 0) is 0 Å². The van der Waals surface area contributed by atoms with Crippen molar-refractivity contribution in [2.45, 2.75) is 38.5 Å². The zero-order valence-corrected chi connectivity index (χ0v) is 11.6. The number of phenols is 1. The van der Waals surface area contributed by atoms with E-state index in [0.29, 0.717) is 17.6 Å². The number of aromatic hydroxyl groups is 1. The fourth-order valence-corrected chi connectivity index (χ4v) is 2.82. The molecule has 0 radical (unpaired) electrons. The number of phenolic OH excluding ortho intramolecular Hbond substituents is 1. The summed E-state index contributed by atoms with van der Waals surface area (Å²) in [5.74, 6) is 1.27. The summed E-state index contributed by atoms with van der Waals surface area (Å²) in [6, 6.07) is 11.8. The SMILES string of the molecule is CC[C@H](c1cccnc1)[C@@H](CC)c1ccc(O)cc1. The molecule has 2 rings (SSSR count). The van der Waals surface area contributed by atoms with E-state index in [1.54, 1.807) is 12.1 Å². The summed E-state index contributed by atoms with van der Waals surface area (Å²) >= 11 is 0. The summed E-state index contributed by atoms with van der Waals surface area (Å²) in [5, 5.41) is 9.41. The lowest BCUT2D eigenvalue weighted by atomic mass is 9.79. The Labute approximate surface area is 115 Å². The fourth-order valence-electron chi connectivity index (χ4n) is 2.82. The molecule has 2 aromatic rings. The Morgan fingerprint density at radius 3 is 2.11 bits per heavy atom. The molecule has 2 atom stereocenters. The van der Waals surface area contributed by atoms with Gasteiger partial charge in [-0.05, 0) is 54.0 Å². The Morgan fingerprint density at radius 1 is 0.947 bits per heavy atom. The second kappa shape index (κ2) is 6.37. The van der Waals surface area contributed by atoms with Crippen molar-refractivity contribution in [2.75, 3.05) is 0 Å². The van der Waals surface area contributed by atoms with Gasteiger partial charge in [-0.2, -0.15) is 0 Å². The van der Waals surface area contributed by atoms with Gasteiger partial charge in [0.05, 0.1) is 0 Å². The molecule has 1 heterocycles. The van der Waals surface area contributed by atoms with Gasteiger partial charge in [0.2, 0.25) is 0 Å². The molecule has 1 aromatic heterocycles. The molecular weight excluding hydrogens is 234 g/mol. The molecule has 0 spiro atoms. The summed E-state index contributed by atoms with van der Waals surface area (Å²) in [5.41, 5.74) is 2.58. The molecule has 100 valence electrons. The maximum atomic E-state index is 9.41. The molecule has 1 N–H and O–H groups in total. The highest BCUT2D eigenvalue weighted by atomic mass is 16.3. The average Bonchev–Trinajstić information content (AvgIpc) is 2.47. The molecule has 0 aliphatic heterocycles. The van der Waals surface area contributed by atoms with Gasteiger partial charge in [-0.15, -0.1) is 0 Å². The predicted octanol–water partition coefficient (Wildman–Crippen LogP) is 4.47. The van der Waals surface area contributed by atoms with Gasteiger partial charge in [0.1, 0.15) is 5.75 Å². The van der Waals surface area contributed by atoms with Crippen LogP contribution in [0.2, 0.25) is 0 Å². The second-order valence-electron chi connectivity index (χ2n) is 4.91. The lowest BCUT2D eigenvalue weighted by Gasteiger charge is -2.26. The minimum atomic E-state index is 0.327. The van der Waals surface area contributed by atoms with E-state index in [-0.39, 0.29) is 0 Å². The lowest BCUT2D eigenvalue weighted by molar-refractivity contribution is 0.472. The highest BCUT2D eigenvalue weighted by Crippen LogP contribution is 2.37. The Kier molecular flexibility index (Phi) is 4.56. The third-order valence-electron chi connectivity index (χ3n) is 3.80. The molecule has 0 fully saturated rings. The van der Waals surface area contributed by atoms with Crippen LogP contribution >= 0.6 is 0 Å². The van der Waals surface area contributed by atoms with Crippen LogP contribution in [0.4, 0.5) is 0 Å². The minimum Gasteiger partial charge on any atom is -0.508 e. The van der Waals surface area contributed by atoms with E-state index in [9.17, 15) is 5.11 Å². The van der Waals surface area contributed by atoms with Crippen LogP contribution in [0.15, 0.2) is 48.8 Å². The monoisotopic (exact) mass is 255 g/mol. The van der Waals surface area contributed by atoms with Crippen molar-refractivity contribution in [3.63, 3.8) is 0 Å². The first-order valence-electron chi connectivity index (χ1n) is 6.95. The summed E-state index contributed by atoms with van der Waals surface area (Å²) in [4.78, 5) is 4.24. The van der Waals surface area contributed by atoms with Gasteiger partial charge in [0.15, 0.2) is 0 Å². The van der Waals surface area contributed by atoms with E-state index in [4.69, 9.17) is 0 Å². The van der Waals surface area contributed by atoms with Crippen LogP contribution in [0.5, 0.6) is 5.75 Å². The molecule has 1 aromatic carbocycles. The normalized spacial score (nSPS) is 14.0. The van der Waals surface area contributed by atoms with Crippen molar-refractivity contribution in [1.82, 2.24) is 4.98 Å². The molecule has 19 heavy (non-hydrogen) atoms. The van der Waals surface area contributed by atoms with Crippen molar-refractivity contribution >= 4 is 0 Å². The van der Waals surface area contributed by atoms with Crippen molar-refractivity contribution in [3.05, 3.63) is 59.9 Å². The van der Waals surface area contributed by atoms with Crippen LogP contribution < -0.4 is 0 Å². The van der Waals surface area contributed by atoms with Crippen LogP contribution in [-0.4, -0.2) is 10.1 Å². The zero-order chi connectivity index (χ0) is 13.7. The maximum absolute atomic E-state index is 9.41. The first-order valence-corrected chi connectivity index (χ1v) is 6.95. The van der Waals surface area contributed by atoms with Gasteiger partial charge in [-0.25, -0.2) is 0 Å². The number of benzene rings is 1. The van der Waals surface area contributed by atoms with Gasteiger partial charge < -0.3 is 5.11 Å². The Balaban J connectivity index is 2.31. The smallest absolute Gasteiger partial charge is 0.115 e. The highest BCUT2D eigenvalue weighted by molar-refractivity contribution is 5.31. The number of hydrogen-bond donors (Lipinski definition) is 1. The lowest BCUT2D eigenvalue weighted by Crippen LogP contribution is -2.10. The topological polar surface area (TPSA) is 33.1 Å². The minimum absolute atomic E-state index is 0.327. The van der Waals surface area contributed by atoms with Crippen molar-refractivity contribution in [1.29, 1.82) is 0 Å². The summed E-state index contributed by atoms with van der Waals surface area (Å²) in [7, 11) is 0. The van der Waals surface area contributed by atoms with Gasteiger partial charge in [0.25, 0.3) is 0 Å². The van der Waals surface area contributed by atoms with Crippen LogP contribution in [0.25, 0.3) is 0 Å². The zero-order valence-electron chi connectivity index (χ0n) is 11.6. The number of pyridine rings is 1. The molecular formula is C17H21NO. The molecule has 0 amide bonds. The molecule has 0 unspecified atom stereocenters. The van der Waals surface area contributed by atoms with E-state index in [2.05, 4.69) is 24.9 Å². The van der Waals surface area contributed by atoms with Gasteiger partial charge in [0, 0.05) is 12.4 Å². The van der Waals surface area contributed by atoms with E-state index in [1.165, 1.54) is 11.1 Å². The first-order chi connectivity index (χ1) is 9.26. The molecule has 0 bridgehead atoms. The molecule has 0 aliphatic rings. The second-order valence-corrected chi connectivity index (χ2v) is 4.91. The number of hydrogen-bond acceptors (Lipinski definition) is 2. The van der Waals surface area contributed by atoms with Gasteiger partial charge >= 0.3 is 0 Å². The van der Waals surface area contributed by atoms with Crippen molar-refractivity contribution in [2.24, 2.45) is 0 Å². The number of nitrogens with zero attached hydrogens (tertiary/aromatic N) is 1.